The van der Waals surface area contributed by atoms with E-state index in [4.69, 9.17) is 16.9 Å². The van der Waals surface area contributed by atoms with Crippen LogP contribution in [0.4, 0.5) is 0 Å². The molecule has 0 aromatic heterocycles. The van der Waals surface area contributed by atoms with E-state index in [9.17, 15) is 9.59 Å². The number of likely N-dealkylation sites (tertiary alicyclic amines) is 1. The fraction of sp³-hybridized carbons (Fsp3) is 0.438. The molecule has 2 rings (SSSR count). The van der Waals surface area contributed by atoms with Crippen molar-refractivity contribution in [3.8, 4) is 6.07 Å². The standard InChI is InChI=1S/C16H18ClN3O2/c17-14-4-2-1-3-13(14)16(22)20-9-6-12(7-10-20)11-19-15(21)5-8-18/h1-4,12H,5-7,9-11H2,(H,19,21). The van der Waals surface area contributed by atoms with Crippen molar-refractivity contribution >= 4 is 23.4 Å². The van der Waals surface area contributed by atoms with E-state index in [0.717, 1.165) is 12.8 Å². The van der Waals surface area contributed by atoms with Gasteiger partial charge in [-0.05, 0) is 30.9 Å². The first-order valence-corrected chi connectivity index (χ1v) is 7.67. The average Bonchev–Trinajstić information content (AvgIpc) is 2.53. The molecule has 1 aromatic carbocycles. The maximum atomic E-state index is 12.4. The van der Waals surface area contributed by atoms with Gasteiger partial charge in [0.15, 0.2) is 0 Å². The lowest BCUT2D eigenvalue weighted by atomic mass is 9.96. The lowest BCUT2D eigenvalue weighted by molar-refractivity contribution is -0.120. The summed E-state index contributed by atoms with van der Waals surface area (Å²) in [6, 6.07) is 8.88. The molecule has 1 saturated heterocycles. The fourth-order valence-electron chi connectivity index (χ4n) is 2.54. The van der Waals surface area contributed by atoms with Crippen LogP contribution in [0.5, 0.6) is 0 Å². The van der Waals surface area contributed by atoms with Gasteiger partial charge in [0.25, 0.3) is 5.91 Å². The minimum absolute atomic E-state index is 0.0439. The molecule has 0 aliphatic carbocycles. The van der Waals surface area contributed by atoms with Crippen LogP contribution in [0.25, 0.3) is 0 Å². The van der Waals surface area contributed by atoms with Crippen molar-refractivity contribution in [2.45, 2.75) is 19.3 Å². The van der Waals surface area contributed by atoms with Crippen molar-refractivity contribution in [3.05, 3.63) is 34.9 Å². The molecule has 0 bridgehead atoms. The van der Waals surface area contributed by atoms with Gasteiger partial charge < -0.3 is 10.2 Å². The molecular weight excluding hydrogens is 302 g/mol. The van der Waals surface area contributed by atoms with Crippen molar-refractivity contribution < 1.29 is 9.59 Å². The van der Waals surface area contributed by atoms with Crippen molar-refractivity contribution in [1.82, 2.24) is 10.2 Å². The van der Waals surface area contributed by atoms with Gasteiger partial charge in [-0.15, -0.1) is 0 Å². The van der Waals surface area contributed by atoms with E-state index in [2.05, 4.69) is 5.32 Å². The highest BCUT2D eigenvalue weighted by Gasteiger charge is 2.24. The summed E-state index contributed by atoms with van der Waals surface area (Å²) in [6.45, 7) is 1.88. The average molecular weight is 320 g/mol. The first-order chi connectivity index (χ1) is 10.6. The summed E-state index contributed by atoms with van der Waals surface area (Å²) in [5, 5.41) is 11.7. The molecule has 0 radical (unpaired) electrons. The molecule has 6 heteroatoms. The zero-order valence-electron chi connectivity index (χ0n) is 12.2. The van der Waals surface area contributed by atoms with Crippen molar-refractivity contribution in [2.75, 3.05) is 19.6 Å². The van der Waals surface area contributed by atoms with E-state index < -0.39 is 0 Å². The van der Waals surface area contributed by atoms with Gasteiger partial charge in [0.1, 0.15) is 6.42 Å². The Kier molecular flexibility index (Phi) is 5.79. The van der Waals surface area contributed by atoms with Crippen LogP contribution in [0, 0.1) is 17.2 Å². The van der Waals surface area contributed by atoms with E-state index in [0.29, 0.717) is 36.1 Å². The molecule has 1 fully saturated rings. The Labute approximate surface area is 134 Å². The molecular formula is C16H18ClN3O2. The summed E-state index contributed by atoms with van der Waals surface area (Å²) in [7, 11) is 0. The third-order valence-electron chi connectivity index (χ3n) is 3.83. The molecule has 1 aromatic rings. The van der Waals surface area contributed by atoms with Crippen molar-refractivity contribution in [2.24, 2.45) is 5.92 Å². The number of hydrogen-bond donors (Lipinski definition) is 1. The predicted octanol–water partition coefficient (Wildman–Crippen LogP) is 2.22. The second kappa shape index (κ2) is 7.81. The molecule has 1 heterocycles. The lowest BCUT2D eigenvalue weighted by Gasteiger charge is -2.32. The van der Waals surface area contributed by atoms with E-state index in [-0.39, 0.29) is 18.2 Å². The summed E-state index contributed by atoms with van der Waals surface area (Å²) in [4.78, 5) is 25.5. The van der Waals surface area contributed by atoms with Gasteiger partial charge >= 0.3 is 0 Å². The lowest BCUT2D eigenvalue weighted by Crippen LogP contribution is -2.41. The molecule has 5 nitrogen and oxygen atoms in total. The van der Waals surface area contributed by atoms with E-state index in [1.807, 2.05) is 6.07 Å². The third kappa shape index (κ3) is 4.22. The van der Waals surface area contributed by atoms with Crippen LogP contribution in [-0.4, -0.2) is 36.3 Å². The highest BCUT2D eigenvalue weighted by atomic mass is 35.5. The van der Waals surface area contributed by atoms with E-state index in [1.165, 1.54) is 0 Å². The minimum Gasteiger partial charge on any atom is -0.355 e. The largest absolute Gasteiger partial charge is 0.355 e. The molecule has 2 amide bonds. The Morgan fingerprint density at radius 2 is 2.00 bits per heavy atom. The number of piperidine rings is 1. The zero-order valence-corrected chi connectivity index (χ0v) is 13.0. The normalized spacial score (nSPS) is 15.2. The molecule has 1 aliphatic heterocycles. The van der Waals surface area contributed by atoms with E-state index >= 15 is 0 Å². The first kappa shape index (κ1) is 16.3. The molecule has 0 unspecified atom stereocenters. The zero-order chi connectivity index (χ0) is 15.9. The van der Waals surface area contributed by atoms with Crippen molar-refractivity contribution in [1.29, 1.82) is 5.26 Å². The topological polar surface area (TPSA) is 73.2 Å². The summed E-state index contributed by atoms with van der Waals surface area (Å²) < 4.78 is 0. The smallest absolute Gasteiger partial charge is 0.255 e. The molecule has 0 saturated carbocycles. The Morgan fingerprint density at radius 1 is 1.32 bits per heavy atom. The number of nitrogens with zero attached hydrogens (tertiary/aromatic N) is 2. The first-order valence-electron chi connectivity index (χ1n) is 7.29. The summed E-state index contributed by atoms with van der Waals surface area (Å²) in [6.07, 6.45) is 1.57. The van der Waals surface area contributed by atoms with Crippen LogP contribution in [0.15, 0.2) is 24.3 Å². The highest BCUT2D eigenvalue weighted by molar-refractivity contribution is 6.33. The second-order valence-corrected chi connectivity index (χ2v) is 5.76. The number of benzene rings is 1. The van der Waals surface area contributed by atoms with Crippen LogP contribution >= 0.6 is 11.6 Å². The molecule has 116 valence electrons. The van der Waals surface area contributed by atoms with Gasteiger partial charge in [0.2, 0.25) is 5.91 Å². The van der Waals surface area contributed by atoms with Crippen LogP contribution in [-0.2, 0) is 4.79 Å². The molecule has 1 N–H and O–H groups in total. The van der Waals surface area contributed by atoms with Gasteiger partial charge in [0.05, 0.1) is 16.7 Å². The molecule has 0 atom stereocenters. The van der Waals surface area contributed by atoms with Gasteiger partial charge in [-0.3, -0.25) is 9.59 Å². The Bertz CT molecular complexity index is 589. The Hall–Kier alpha value is -2.06. The summed E-state index contributed by atoms with van der Waals surface area (Å²) in [5.41, 5.74) is 0.532. The number of nitrogens with one attached hydrogen (secondary N) is 1. The van der Waals surface area contributed by atoms with Crippen LogP contribution in [0.1, 0.15) is 29.6 Å². The van der Waals surface area contributed by atoms with Crippen LogP contribution < -0.4 is 5.32 Å². The Morgan fingerprint density at radius 3 is 2.64 bits per heavy atom. The number of rotatable bonds is 4. The van der Waals surface area contributed by atoms with E-state index in [1.54, 1.807) is 29.2 Å². The maximum Gasteiger partial charge on any atom is 0.255 e. The number of halogens is 1. The molecule has 1 aliphatic rings. The van der Waals surface area contributed by atoms with Gasteiger partial charge in [-0.2, -0.15) is 5.26 Å². The highest BCUT2D eigenvalue weighted by Crippen LogP contribution is 2.22. The summed E-state index contributed by atoms with van der Waals surface area (Å²) >= 11 is 6.06. The molecule has 0 spiro atoms. The monoisotopic (exact) mass is 319 g/mol. The number of amides is 2. The Balaban J connectivity index is 1.82. The SMILES string of the molecule is N#CCC(=O)NCC1CCN(C(=O)c2ccccc2Cl)CC1. The third-order valence-corrected chi connectivity index (χ3v) is 4.16. The predicted molar refractivity (Wildman–Crippen MR) is 83.3 cm³/mol. The minimum atomic E-state index is -0.239. The maximum absolute atomic E-state index is 12.4. The van der Waals surface area contributed by atoms with Gasteiger partial charge in [-0.1, -0.05) is 23.7 Å². The molecule has 22 heavy (non-hydrogen) atoms. The number of hydrogen-bond acceptors (Lipinski definition) is 3. The van der Waals surface area contributed by atoms with Gasteiger partial charge in [0, 0.05) is 19.6 Å². The number of nitriles is 1. The second-order valence-electron chi connectivity index (χ2n) is 5.35. The summed E-state index contributed by atoms with van der Waals surface area (Å²) in [5.74, 6) is 0.0626. The quantitative estimate of drug-likeness (QED) is 0.924. The van der Waals surface area contributed by atoms with Gasteiger partial charge in [-0.25, -0.2) is 0 Å². The van der Waals surface area contributed by atoms with Crippen molar-refractivity contribution in [3.63, 3.8) is 0 Å². The number of carbonyl (C=O) groups is 2. The van der Waals surface area contributed by atoms with Crippen LogP contribution in [0.2, 0.25) is 5.02 Å². The fourth-order valence-corrected chi connectivity index (χ4v) is 2.75. The van der Waals surface area contributed by atoms with Crippen LogP contribution in [0.3, 0.4) is 0 Å². The number of carbonyl (C=O) groups excluding carboxylic acids is 2.